The topological polar surface area (TPSA) is 51.3 Å². The molecule has 2 aromatic carbocycles. The van der Waals surface area contributed by atoms with E-state index in [4.69, 9.17) is 9.47 Å². The zero-order valence-corrected chi connectivity index (χ0v) is 12.3. The first-order valence-electron chi connectivity index (χ1n) is 7.10. The van der Waals surface area contributed by atoms with Crippen LogP contribution in [-0.4, -0.2) is 18.1 Å². The molecular formula is C18H17NO3. The van der Waals surface area contributed by atoms with Gasteiger partial charge in [-0.2, -0.15) is 0 Å². The summed E-state index contributed by atoms with van der Waals surface area (Å²) < 4.78 is 10.5. The van der Waals surface area contributed by atoms with E-state index in [1.165, 1.54) is 0 Å². The second-order valence-electron chi connectivity index (χ2n) is 5.05. The van der Waals surface area contributed by atoms with E-state index >= 15 is 0 Å². The van der Waals surface area contributed by atoms with Crippen molar-refractivity contribution in [1.82, 2.24) is 4.98 Å². The first-order valence-corrected chi connectivity index (χ1v) is 7.10. The zero-order chi connectivity index (χ0) is 15.4. The van der Waals surface area contributed by atoms with E-state index in [1.807, 2.05) is 54.7 Å². The van der Waals surface area contributed by atoms with Crippen LogP contribution in [0.2, 0.25) is 0 Å². The minimum Gasteiger partial charge on any atom is -0.497 e. The first-order chi connectivity index (χ1) is 10.8. The van der Waals surface area contributed by atoms with Gasteiger partial charge in [-0.25, -0.2) is 0 Å². The molecule has 4 heteroatoms. The summed E-state index contributed by atoms with van der Waals surface area (Å²) in [5.41, 5.74) is 2.87. The van der Waals surface area contributed by atoms with Crippen molar-refractivity contribution in [2.45, 2.75) is 13.0 Å². The molecule has 3 aromatic rings. The average Bonchev–Trinajstić information content (AvgIpc) is 2.96. The molecule has 3 rings (SSSR count). The molecule has 1 aromatic heterocycles. The van der Waals surface area contributed by atoms with E-state index in [-0.39, 0.29) is 12.4 Å². The molecule has 0 aliphatic carbocycles. The molecule has 1 heterocycles. The first kappa shape index (κ1) is 14.2. The summed E-state index contributed by atoms with van der Waals surface area (Å²) in [4.78, 5) is 15.2. The predicted molar refractivity (Wildman–Crippen MR) is 84.8 cm³/mol. The van der Waals surface area contributed by atoms with Crippen LogP contribution in [0, 0.1) is 0 Å². The zero-order valence-electron chi connectivity index (χ0n) is 12.3. The highest BCUT2D eigenvalue weighted by atomic mass is 16.5. The number of carbonyl (C=O) groups excluding carboxylic acids is 1. The van der Waals surface area contributed by atoms with Gasteiger partial charge in [-0.3, -0.25) is 4.79 Å². The Morgan fingerprint density at radius 1 is 1.14 bits per heavy atom. The summed E-state index contributed by atoms with van der Waals surface area (Å²) in [5.74, 6) is 0.526. The second-order valence-corrected chi connectivity index (χ2v) is 5.05. The van der Waals surface area contributed by atoms with Crippen LogP contribution in [0.1, 0.15) is 11.1 Å². The van der Waals surface area contributed by atoms with Crippen LogP contribution in [0.15, 0.2) is 54.7 Å². The van der Waals surface area contributed by atoms with Crippen molar-refractivity contribution in [2.75, 3.05) is 7.11 Å². The van der Waals surface area contributed by atoms with Gasteiger partial charge in [-0.1, -0.05) is 30.3 Å². The number of ether oxygens (including phenoxy) is 2. The van der Waals surface area contributed by atoms with E-state index in [9.17, 15) is 4.79 Å². The number of aromatic amines is 1. The fourth-order valence-corrected chi connectivity index (χ4v) is 2.38. The van der Waals surface area contributed by atoms with E-state index in [1.54, 1.807) is 7.11 Å². The smallest absolute Gasteiger partial charge is 0.310 e. The molecule has 0 aliphatic rings. The van der Waals surface area contributed by atoms with Crippen molar-refractivity contribution in [3.05, 3.63) is 65.9 Å². The summed E-state index contributed by atoms with van der Waals surface area (Å²) in [5, 5.41) is 0.982. The van der Waals surface area contributed by atoms with Gasteiger partial charge in [0.1, 0.15) is 12.4 Å². The summed E-state index contributed by atoms with van der Waals surface area (Å²) in [7, 11) is 1.63. The number of hydrogen-bond acceptors (Lipinski definition) is 3. The molecule has 0 atom stereocenters. The second kappa shape index (κ2) is 6.35. The molecule has 22 heavy (non-hydrogen) atoms. The van der Waals surface area contributed by atoms with Gasteiger partial charge in [-0.05, 0) is 29.3 Å². The molecule has 0 unspecified atom stereocenters. The Labute approximate surface area is 128 Å². The highest BCUT2D eigenvalue weighted by Crippen LogP contribution is 2.24. The van der Waals surface area contributed by atoms with Crippen molar-refractivity contribution < 1.29 is 14.3 Å². The number of H-pyrrole nitrogens is 1. The number of rotatable bonds is 5. The molecule has 112 valence electrons. The molecule has 0 saturated heterocycles. The molecule has 0 saturated carbocycles. The SMILES string of the molecule is COc1ccc2[nH]cc(CC(=O)OCc3ccccc3)c2c1. The number of fused-ring (bicyclic) bond motifs is 1. The Morgan fingerprint density at radius 3 is 2.73 bits per heavy atom. The van der Waals surface area contributed by atoms with Gasteiger partial charge in [0.25, 0.3) is 0 Å². The van der Waals surface area contributed by atoms with Crippen molar-refractivity contribution in [3.8, 4) is 5.75 Å². The van der Waals surface area contributed by atoms with Crippen LogP contribution in [0.5, 0.6) is 5.75 Å². The maximum Gasteiger partial charge on any atom is 0.310 e. The summed E-state index contributed by atoms with van der Waals surface area (Å²) in [6.07, 6.45) is 2.08. The van der Waals surface area contributed by atoms with Crippen LogP contribution in [-0.2, 0) is 22.6 Å². The maximum atomic E-state index is 12.0. The van der Waals surface area contributed by atoms with Gasteiger partial charge in [-0.15, -0.1) is 0 Å². The molecule has 0 amide bonds. The lowest BCUT2D eigenvalue weighted by molar-refractivity contribution is -0.144. The molecular weight excluding hydrogens is 278 g/mol. The summed E-state index contributed by atoms with van der Waals surface area (Å²) >= 11 is 0. The van der Waals surface area contributed by atoms with Gasteiger partial charge in [0.2, 0.25) is 0 Å². The summed E-state index contributed by atoms with van der Waals surface area (Å²) in [6, 6.07) is 15.4. The standard InChI is InChI=1S/C18H17NO3/c1-21-15-7-8-17-16(10-15)14(11-19-17)9-18(20)22-12-13-5-3-2-4-6-13/h2-8,10-11,19H,9,12H2,1H3. The van der Waals surface area contributed by atoms with E-state index in [0.29, 0.717) is 6.61 Å². The van der Waals surface area contributed by atoms with Crippen LogP contribution in [0.25, 0.3) is 10.9 Å². The largest absolute Gasteiger partial charge is 0.497 e. The van der Waals surface area contributed by atoms with Crippen LogP contribution in [0.4, 0.5) is 0 Å². The van der Waals surface area contributed by atoms with E-state index in [0.717, 1.165) is 27.8 Å². The van der Waals surface area contributed by atoms with Gasteiger partial charge in [0, 0.05) is 17.1 Å². The lowest BCUT2D eigenvalue weighted by atomic mass is 10.1. The van der Waals surface area contributed by atoms with E-state index < -0.39 is 0 Å². The maximum absolute atomic E-state index is 12.0. The quantitative estimate of drug-likeness (QED) is 0.733. The number of methoxy groups -OCH3 is 1. The normalized spacial score (nSPS) is 10.6. The molecule has 0 bridgehead atoms. The fraction of sp³-hybridized carbons (Fsp3) is 0.167. The molecule has 1 N–H and O–H groups in total. The Morgan fingerprint density at radius 2 is 1.95 bits per heavy atom. The van der Waals surface area contributed by atoms with Crippen LogP contribution >= 0.6 is 0 Å². The van der Waals surface area contributed by atoms with Gasteiger partial charge in [0.15, 0.2) is 0 Å². The Kier molecular flexibility index (Phi) is 4.10. The molecule has 0 aliphatic heterocycles. The highest BCUT2D eigenvalue weighted by Gasteiger charge is 2.11. The molecule has 0 spiro atoms. The van der Waals surface area contributed by atoms with Crippen molar-refractivity contribution >= 4 is 16.9 Å². The molecule has 0 fully saturated rings. The van der Waals surface area contributed by atoms with Crippen LogP contribution < -0.4 is 4.74 Å². The number of nitrogens with one attached hydrogen (secondary N) is 1. The van der Waals surface area contributed by atoms with Crippen LogP contribution in [0.3, 0.4) is 0 Å². The number of carbonyl (C=O) groups is 1. The number of aromatic nitrogens is 1. The van der Waals surface area contributed by atoms with Gasteiger partial charge < -0.3 is 14.5 Å². The highest BCUT2D eigenvalue weighted by molar-refractivity contribution is 5.88. The van der Waals surface area contributed by atoms with Crippen molar-refractivity contribution in [2.24, 2.45) is 0 Å². The third-order valence-corrected chi connectivity index (χ3v) is 3.55. The third kappa shape index (κ3) is 3.11. The minimum absolute atomic E-state index is 0.236. The number of hydrogen-bond donors (Lipinski definition) is 1. The minimum atomic E-state index is -0.243. The van der Waals surface area contributed by atoms with Crippen molar-refractivity contribution in [3.63, 3.8) is 0 Å². The monoisotopic (exact) mass is 295 g/mol. The van der Waals surface area contributed by atoms with Crippen molar-refractivity contribution in [1.29, 1.82) is 0 Å². The summed E-state index contributed by atoms with van der Waals surface area (Å²) in [6.45, 7) is 0.297. The van der Waals surface area contributed by atoms with E-state index in [2.05, 4.69) is 4.98 Å². The molecule has 4 nitrogen and oxygen atoms in total. The Balaban J connectivity index is 1.68. The number of esters is 1. The average molecular weight is 295 g/mol. The predicted octanol–water partition coefficient (Wildman–Crippen LogP) is 3.46. The lowest BCUT2D eigenvalue weighted by Gasteiger charge is -2.05. The number of benzene rings is 2. The fourth-order valence-electron chi connectivity index (χ4n) is 2.38. The Hall–Kier alpha value is -2.75. The Bertz CT molecular complexity index is 777. The lowest BCUT2D eigenvalue weighted by Crippen LogP contribution is -2.07. The van der Waals surface area contributed by atoms with Gasteiger partial charge >= 0.3 is 5.97 Å². The van der Waals surface area contributed by atoms with Gasteiger partial charge in [0.05, 0.1) is 13.5 Å². The molecule has 0 radical (unpaired) electrons. The third-order valence-electron chi connectivity index (χ3n) is 3.55.